The van der Waals surface area contributed by atoms with Gasteiger partial charge in [-0.25, -0.2) is 0 Å². The molecule has 17 heavy (non-hydrogen) atoms. The van der Waals surface area contributed by atoms with Crippen molar-refractivity contribution in [1.29, 1.82) is 0 Å². The molecule has 1 aliphatic heterocycles. The van der Waals surface area contributed by atoms with E-state index in [1.807, 2.05) is 6.92 Å². The topological polar surface area (TPSA) is 42.4 Å². The number of furan rings is 1. The predicted molar refractivity (Wildman–Crippen MR) is 69.6 cm³/mol. The fourth-order valence-electron chi connectivity index (χ4n) is 2.87. The van der Waals surface area contributed by atoms with E-state index in [4.69, 9.17) is 10.2 Å². The van der Waals surface area contributed by atoms with Crippen molar-refractivity contribution in [3.63, 3.8) is 0 Å². The van der Waals surface area contributed by atoms with Crippen molar-refractivity contribution in [2.75, 3.05) is 6.54 Å². The molecule has 1 fully saturated rings. The van der Waals surface area contributed by atoms with E-state index in [1.165, 1.54) is 19.4 Å². The Labute approximate surface area is 104 Å². The van der Waals surface area contributed by atoms with Gasteiger partial charge in [0.1, 0.15) is 11.5 Å². The van der Waals surface area contributed by atoms with Crippen molar-refractivity contribution in [1.82, 2.24) is 4.90 Å². The second kappa shape index (κ2) is 5.23. The number of hydrogen-bond acceptors (Lipinski definition) is 3. The SMILES string of the molecule is Cc1oc(CN2CCCC2C(C)C)cc1CN. The van der Waals surface area contributed by atoms with Crippen LogP contribution in [0.4, 0.5) is 0 Å². The summed E-state index contributed by atoms with van der Waals surface area (Å²) in [5.74, 6) is 2.76. The third kappa shape index (κ3) is 2.72. The minimum atomic E-state index is 0.572. The quantitative estimate of drug-likeness (QED) is 0.874. The molecule has 3 heteroatoms. The van der Waals surface area contributed by atoms with Gasteiger partial charge in [0.25, 0.3) is 0 Å². The highest BCUT2D eigenvalue weighted by Crippen LogP contribution is 2.26. The number of nitrogens with two attached hydrogens (primary N) is 1. The molecule has 0 amide bonds. The van der Waals surface area contributed by atoms with Crippen molar-refractivity contribution in [2.45, 2.75) is 52.7 Å². The summed E-state index contributed by atoms with van der Waals surface area (Å²) in [4.78, 5) is 2.54. The lowest BCUT2D eigenvalue weighted by molar-refractivity contribution is 0.184. The van der Waals surface area contributed by atoms with E-state index in [2.05, 4.69) is 24.8 Å². The van der Waals surface area contributed by atoms with Gasteiger partial charge in [0, 0.05) is 18.2 Å². The van der Waals surface area contributed by atoms with Gasteiger partial charge in [-0.05, 0) is 38.3 Å². The van der Waals surface area contributed by atoms with E-state index >= 15 is 0 Å². The zero-order valence-electron chi connectivity index (χ0n) is 11.2. The first-order valence-electron chi connectivity index (χ1n) is 6.64. The number of nitrogens with zero attached hydrogens (tertiary/aromatic N) is 1. The summed E-state index contributed by atoms with van der Waals surface area (Å²) < 4.78 is 5.77. The highest BCUT2D eigenvalue weighted by Gasteiger charge is 2.27. The summed E-state index contributed by atoms with van der Waals surface area (Å²) in [5, 5.41) is 0. The Morgan fingerprint density at radius 2 is 2.29 bits per heavy atom. The van der Waals surface area contributed by atoms with E-state index in [0.717, 1.165) is 29.5 Å². The smallest absolute Gasteiger partial charge is 0.118 e. The first-order chi connectivity index (χ1) is 8.11. The van der Waals surface area contributed by atoms with Crippen LogP contribution in [-0.2, 0) is 13.1 Å². The molecule has 0 aliphatic carbocycles. The lowest BCUT2D eigenvalue weighted by atomic mass is 10.0. The Balaban J connectivity index is 2.04. The average molecular weight is 236 g/mol. The fraction of sp³-hybridized carbons (Fsp3) is 0.714. The summed E-state index contributed by atoms with van der Waals surface area (Å²) in [6.45, 7) is 9.31. The minimum absolute atomic E-state index is 0.572. The zero-order chi connectivity index (χ0) is 12.4. The first-order valence-corrected chi connectivity index (χ1v) is 6.64. The summed E-state index contributed by atoms with van der Waals surface area (Å²) in [7, 11) is 0. The van der Waals surface area contributed by atoms with Crippen molar-refractivity contribution < 1.29 is 4.42 Å². The van der Waals surface area contributed by atoms with Crippen LogP contribution in [0.25, 0.3) is 0 Å². The number of aryl methyl sites for hydroxylation is 1. The first kappa shape index (κ1) is 12.7. The zero-order valence-corrected chi connectivity index (χ0v) is 11.2. The maximum atomic E-state index is 5.77. The van der Waals surface area contributed by atoms with Gasteiger partial charge in [-0.15, -0.1) is 0 Å². The second-order valence-electron chi connectivity index (χ2n) is 5.42. The van der Waals surface area contributed by atoms with E-state index in [1.54, 1.807) is 0 Å². The lowest BCUT2D eigenvalue weighted by Crippen LogP contribution is -2.32. The molecule has 3 nitrogen and oxygen atoms in total. The third-order valence-electron chi connectivity index (χ3n) is 3.83. The molecule has 1 atom stereocenters. The fourth-order valence-corrected chi connectivity index (χ4v) is 2.87. The molecule has 0 spiro atoms. The third-order valence-corrected chi connectivity index (χ3v) is 3.83. The lowest BCUT2D eigenvalue weighted by Gasteiger charge is -2.26. The van der Waals surface area contributed by atoms with Gasteiger partial charge in [-0.1, -0.05) is 13.8 Å². The van der Waals surface area contributed by atoms with Gasteiger partial charge < -0.3 is 10.2 Å². The maximum Gasteiger partial charge on any atom is 0.118 e. The molecule has 1 saturated heterocycles. The summed E-state index contributed by atoms with van der Waals surface area (Å²) in [6.07, 6.45) is 2.63. The van der Waals surface area contributed by atoms with Crippen LogP contribution in [-0.4, -0.2) is 17.5 Å². The molecular weight excluding hydrogens is 212 g/mol. The Hall–Kier alpha value is -0.800. The van der Waals surface area contributed by atoms with E-state index < -0.39 is 0 Å². The van der Waals surface area contributed by atoms with Crippen LogP contribution < -0.4 is 5.73 Å². The standard InChI is InChI=1S/C14H24N2O/c1-10(2)14-5-4-6-16(14)9-13-7-12(8-15)11(3)17-13/h7,10,14H,4-6,8-9,15H2,1-3H3. The minimum Gasteiger partial charge on any atom is -0.465 e. The highest BCUT2D eigenvalue weighted by molar-refractivity contribution is 5.20. The van der Waals surface area contributed by atoms with Gasteiger partial charge >= 0.3 is 0 Å². The van der Waals surface area contributed by atoms with Crippen LogP contribution in [0.1, 0.15) is 43.8 Å². The molecule has 1 unspecified atom stereocenters. The molecule has 0 radical (unpaired) electrons. The number of likely N-dealkylation sites (tertiary alicyclic amines) is 1. The highest BCUT2D eigenvalue weighted by atomic mass is 16.3. The molecule has 1 aliphatic rings. The Kier molecular flexibility index (Phi) is 3.89. The molecule has 1 aromatic rings. The van der Waals surface area contributed by atoms with Crippen molar-refractivity contribution in [2.24, 2.45) is 11.7 Å². The number of hydrogen-bond donors (Lipinski definition) is 1. The predicted octanol–water partition coefficient (Wildman–Crippen LogP) is 2.67. The van der Waals surface area contributed by atoms with Crippen molar-refractivity contribution in [3.05, 3.63) is 23.2 Å². The molecular formula is C14H24N2O. The molecule has 96 valence electrons. The van der Waals surface area contributed by atoms with Crippen LogP contribution >= 0.6 is 0 Å². The van der Waals surface area contributed by atoms with E-state index in [-0.39, 0.29) is 0 Å². The molecule has 0 saturated carbocycles. The van der Waals surface area contributed by atoms with Gasteiger partial charge in [-0.3, -0.25) is 4.90 Å². The van der Waals surface area contributed by atoms with Crippen LogP contribution in [0.15, 0.2) is 10.5 Å². The Bertz CT molecular complexity index is 370. The van der Waals surface area contributed by atoms with Crippen LogP contribution in [0, 0.1) is 12.8 Å². The Morgan fingerprint density at radius 1 is 1.53 bits per heavy atom. The number of rotatable bonds is 4. The second-order valence-corrected chi connectivity index (χ2v) is 5.42. The van der Waals surface area contributed by atoms with Crippen LogP contribution in [0.5, 0.6) is 0 Å². The van der Waals surface area contributed by atoms with Crippen LogP contribution in [0.3, 0.4) is 0 Å². The molecule has 0 bridgehead atoms. The maximum absolute atomic E-state index is 5.77. The van der Waals surface area contributed by atoms with Gasteiger partial charge in [0.05, 0.1) is 6.54 Å². The molecule has 2 rings (SSSR count). The van der Waals surface area contributed by atoms with Crippen molar-refractivity contribution >= 4 is 0 Å². The molecule has 2 heterocycles. The van der Waals surface area contributed by atoms with E-state index in [9.17, 15) is 0 Å². The normalized spacial score (nSPS) is 21.6. The van der Waals surface area contributed by atoms with E-state index in [0.29, 0.717) is 12.6 Å². The Morgan fingerprint density at radius 3 is 2.88 bits per heavy atom. The summed E-state index contributed by atoms with van der Waals surface area (Å²) >= 11 is 0. The van der Waals surface area contributed by atoms with Gasteiger partial charge in [0.2, 0.25) is 0 Å². The average Bonchev–Trinajstić information content (AvgIpc) is 2.85. The molecule has 1 aromatic heterocycles. The monoisotopic (exact) mass is 236 g/mol. The van der Waals surface area contributed by atoms with Crippen molar-refractivity contribution in [3.8, 4) is 0 Å². The molecule has 2 N–H and O–H groups in total. The van der Waals surface area contributed by atoms with Gasteiger partial charge in [-0.2, -0.15) is 0 Å². The summed E-state index contributed by atoms with van der Waals surface area (Å²) in [6, 6.07) is 2.83. The summed E-state index contributed by atoms with van der Waals surface area (Å²) in [5.41, 5.74) is 6.81. The van der Waals surface area contributed by atoms with Gasteiger partial charge in [0.15, 0.2) is 0 Å². The largest absolute Gasteiger partial charge is 0.465 e. The van der Waals surface area contributed by atoms with Crippen LogP contribution in [0.2, 0.25) is 0 Å². The molecule has 0 aromatic carbocycles.